The number of morpholine rings is 1. The summed E-state index contributed by atoms with van der Waals surface area (Å²) in [5.74, 6) is 0.204. The molecule has 36 heavy (non-hydrogen) atoms. The molecule has 0 radical (unpaired) electrons. The summed E-state index contributed by atoms with van der Waals surface area (Å²) in [5, 5.41) is 7.04. The van der Waals surface area contributed by atoms with E-state index in [0.29, 0.717) is 31.1 Å². The van der Waals surface area contributed by atoms with Crippen molar-refractivity contribution >= 4 is 28.4 Å². The first kappa shape index (κ1) is 25.9. The topological polar surface area (TPSA) is 75.6 Å². The molecule has 7 nitrogen and oxygen atoms in total. The van der Waals surface area contributed by atoms with Crippen LogP contribution in [-0.2, 0) is 16.1 Å². The Morgan fingerprint density at radius 1 is 1.03 bits per heavy atom. The summed E-state index contributed by atoms with van der Waals surface area (Å²) >= 11 is 0. The number of aryl methyl sites for hydroxylation is 2. The molecule has 2 N–H and O–H groups in total. The van der Waals surface area contributed by atoms with Crippen molar-refractivity contribution in [1.82, 2.24) is 14.8 Å². The predicted octanol–water partition coefficient (Wildman–Crippen LogP) is 4.35. The fraction of sp³-hybridized carbons (Fsp3) is 0.448. The van der Waals surface area contributed by atoms with Crippen molar-refractivity contribution in [2.24, 2.45) is 5.92 Å². The first-order valence-electron chi connectivity index (χ1n) is 12.9. The van der Waals surface area contributed by atoms with Crippen molar-refractivity contribution in [3.05, 3.63) is 64.8 Å². The number of amides is 2. The molecule has 1 aromatic heterocycles. The molecular weight excluding hydrogens is 452 g/mol. The van der Waals surface area contributed by atoms with Gasteiger partial charge in [-0.15, -0.1) is 0 Å². The number of aromatic nitrogens is 1. The average molecular weight is 491 g/mol. The Morgan fingerprint density at radius 2 is 1.81 bits per heavy atom. The van der Waals surface area contributed by atoms with Crippen LogP contribution in [0.2, 0.25) is 0 Å². The van der Waals surface area contributed by atoms with Gasteiger partial charge in [0.1, 0.15) is 5.69 Å². The van der Waals surface area contributed by atoms with Crippen molar-refractivity contribution in [2.75, 3.05) is 44.7 Å². The van der Waals surface area contributed by atoms with E-state index in [2.05, 4.69) is 52.1 Å². The van der Waals surface area contributed by atoms with E-state index in [4.69, 9.17) is 4.74 Å². The number of rotatable bonds is 9. The third-order valence-corrected chi connectivity index (χ3v) is 6.66. The van der Waals surface area contributed by atoms with Gasteiger partial charge in [0.25, 0.3) is 5.91 Å². The highest BCUT2D eigenvalue weighted by atomic mass is 16.5. The molecule has 7 heteroatoms. The quantitative estimate of drug-likeness (QED) is 0.468. The molecule has 3 aromatic rings. The van der Waals surface area contributed by atoms with Gasteiger partial charge in [-0.05, 0) is 55.2 Å². The molecule has 0 saturated carbocycles. The maximum absolute atomic E-state index is 13.4. The number of fused-ring (bicyclic) bond motifs is 1. The molecule has 1 aliphatic heterocycles. The highest BCUT2D eigenvalue weighted by Crippen LogP contribution is 2.26. The summed E-state index contributed by atoms with van der Waals surface area (Å²) in [6.07, 6.45) is 0.475. The number of anilines is 1. The second kappa shape index (κ2) is 11.7. The van der Waals surface area contributed by atoms with Crippen LogP contribution in [0.15, 0.2) is 42.5 Å². The van der Waals surface area contributed by atoms with Crippen LogP contribution in [0.5, 0.6) is 0 Å². The fourth-order valence-electron chi connectivity index (χ4n) is 4.67. The van der Waals surface area contributed by atoms with Gasteiger partial charge >= 0.3 is 0 Å². The van der Waals surface area contributed by atoms with Gasteiger partial charge < -0.3 is 19.9 Å². The van der Waals surface area contributed by atoms with Crippen LogP contribution in [-0.4, -0.2) is 60.7 Å². The average Bonchev–Trinajstić information content (AvgIpc) is 3.19. The lowest BCUT2D eigenvalue weighted by molar-refractivity contribution is -0.116. The van der Waals surface area contributed by atoms with Crippen molar-refractivity contribution in [3.8, 4) is 0 Å². The lowest BCUT2D eigenvalue weighted by Crippen LogP contribution is -2.41. The number of hydrogen-bond donors (Lipinski definition) is 2. The van der Waals surface area contributed by atoms with Crippen LogP contribution in [0.4, 0.5) is 5.69 Å². The number of carbonyl (C=O) groups is 2. The Kier molecular flexibility index (Phi) is 8.44. The molecule has 2 heterocycles. The molecule has 1 aliphatic rings. The lowest BCUT2D eigenvalue weighted by Gasteiger charge is -2.26. The number of hydrogen-bond acceptors (Lipinski definition) is 4. The second-order valence-corrected chi connectivity index (χ2v) is 10.2. The zero-order chi connectivity index (χ0) is 25.7. The van der Waals surface area contributed by atoms with E-state index in [9.17, 15) is 9.59 Å². The van der Waals surface area contributed by atoms with E-state index in [0.717, 1.165) is 49.4 Å². The molecule has 0 spiro atoms. The highest BCUT2D eigenvalue weighted by molar-refractivity contribution is 6.00. The van der Waals surface area contributed by atoms with Gasteiger partial charge in [-0.25, -0.2) is 0 Å². The number of carbonyl (C=O) groups excluding carboxylic acids is 2. The Bertz CT molecular complexity index is 1220. The van der Waals surface area contributed by atoms with Gasteiger partial charge in [-0.3, -0.25) is 14.5 Å². The molecule has 0 bridgehead atoms. The maximum Gasteiger partial charge on any atom is 0.267 e. The molecule has 0 aliphatic carbocycles. The van der Waals surface area contributed by atoms with Crippen LogP contribution < -0.4 is 10.6 Å². The maximum atomic E-state index is 13.4. The summed E-state index contributed by atoms with van der Waals surface area (Å²) < 4.78 is 7.50. The van der Waals surface area contributed by atoms with E-state index in [1.165, 1.54) is 16.7 Å². The number of ether oxygens (including phenoxy) is 1. The summed E-state index contributed by atoms with van der Waals surface area (Å²) in [5.41, 5.74) is 5.91. The Hall–Kier alpha value is -3.16. The van der Waals surface area contributed by atoms with Gasteiger partial charge in [0, 0.05) is 55.7 Å². The number of benzene rings is 2. The molecule has 1 saturated heterocycles. The van der Waals surface area contributed by atoms with Crippen LogP contribution in [0.1, 0.15) is 47.4 Å². The lowest BCUT2D eigenvalue weighted by atomic mass is 10.1. The molecule has 2 aromatic carbocycles. The van der Waals surface area contributed by atoms with Gasteiger partial charge in [0.2, 0.25) is 5.91 Å². The fourth-order valence-corrected chi connectivity index (χ4v) is 4.67. The SMILES string of the molecule is Cc1ccc(C)c(Cn2c(C(=O)NCCN3CCOCC3)cc3cc(NC(=O)CC(C)C)ccc32)c1. The van der Waals surface area contributed by atoms with Gasteiger partial charge in [0.15, 0.2) is 0 Å². The number of nitrogens with zero attached hydrogens (tertiary/aromatic N) is 2. The zero-order valence-corrected chi connectivity index (χ0v) is 21.9. The van der Waals surface area contributed by atoms with Crippen LogP contribution >= 0.6 is 0 Å². The van der Waals surface area contributed by atoms with Crippen LogP contribution in [0.3, 0.4) is 0 Å². The van der Waals surface area contributed by atoms with Crippen molar-refractivity contribution in [3.63, 3.8) is 0 Å². The summed E-state index contributed by atoms with van der Waals surface area (Å²) in [6.45, 7) is 13.5. The normalized spacial score (nSPS) is 14.4. The second-order valence-electron chi connectivity index (χ2n) is 10.2. The van der Waals surface area contributed by atoms with E-state index in [1.807, 2.05) is 38.1 Å². The smallest absolute Gasteiger partial charge is 0.267 e. The van der Waals surface area contributed by atoms with Gasteiger partial charge in [-0.1, -0.05) is 37.6 Å². The van der Waals surface area contributed by atoms with Crippen molar-refractivity contribution < 1.29 is 14.3 Å². The minimum Gasteiger partial charge on any atom is -0.379 e. The summed E-state index contributed by atoms with van der Waals surface area (Å²) in [4.78, 5) is 28.0. The largest absolute Gasteiger partial charge is 0.379 e. The standard InChI is InChI=1S/C29H38N4O3/c1-20(2)15-28(34)31-25-7-8-26-23(17-25)18-27(29(35)30-9-10-32-11-13-36-14-12-32)33(26)19-24-16-21(3)5-6-22(24)4/h5-8,16-18,20H,9-15,19H2,1-4H3,(H,30,35)(H,31,34). The highest BCUT2D eigenvalue weighted by Gasteiger charge is 2.18. The molecule has 0 unspecified atom stereocenters. The Labute approximate surface area is 213 Å². The summed E-state index contributed by atoms with van der Waals surface area (Å²) in [7, 11) is 0. The molecule has 4 rings (SSSR count). The van der Waals surface area contributed by atoms with Crippen molar-refractivity contribution in [2.45, 2.75) is 40.7 Å². The Balaban J connectivity index is 1.60. The van der Waals surface area contributed by atoms with Crippen LogP contribution in [0.25, 0.3) is 10.9 Å². The first-order chi connectivity index (χ1) is 17.3. The van der Waals surface area contributed by atoms with Gasteiger partial charge in [0.05, 0.1) is 13.2 Å². The zero-order valence-electron chi connectivity index (χ0n) is 21.9. The molecular formula is C29H38N4O3. The van der Waals surface area contributed by atoms with Gasteiger partial charge in [-0.2, -0.15) is 0 Å². The number of nitrogens with one attached hydrogen (secondary N) is 2. The predicted molar refractivity (Wildman–Crippen MR) is 145 cm³/mol. The van der Waals surface area contributed by atoms with E-state index < -0.39 is 0 Å². The first-order valence-corrected chi connectivity index (χ1v) is 12.9. The third-order valence-electron chi connectivity index (χ3n) is 6.66. The third kappa shape index (κ3) is 6.53. The van der Waals surface area contributed by atoms with Crippen molar-refractivity contribution in [1.29, 1.82) is 0 Å². The molecule has 0 atom stereocenters. The van der Waals surface area contributed by atoms with E-state index in [1.54, 1.807) is 0 Å². The molecule has 1 fully saturated rings. The van der Waals surface area contributed by atoms with E-state index in [-0.39, 0.29) is 11.8 Å². The Morgan fingerprint density at radius 3 is 2.56 bits per heavy atom. The minimum absolute atomic E-state index is 0.000229. The summed E-state index contributed by atoms with van der Waals surface area (Å²) in [6, 6.07) is 14.2. The molecule has 2 amide bonds. The monoisotopic (exact) mass is 490 g/mol. The van der Waals surface area contributed by atoms with E-state index >= 15 is 0 Å². The molecule has 192 valence electrons. The van der Waals surface area contributed by atoms with Crippen LogP contribution in [0, 0.1) is 19.8 Å². The minimum atomic E-state index is -0.0878.